The fourth-order valence-electron chi connectivity index (χ4n) is 4.39. The van der Waals surface area contributed by atoms with E-state index in [1.807, 2.05) is 13.0 Å². The summed E-state index contributed by atoms with van der Waals surface area (Å²) < 4.78 is 41.0. The maximum absolute atomic E-state index is 13.1. The van der Waals surface area contributed by atoms with Gasteiger partial charge in [0.05, 0.1) is 31.3 Å². The number of methoxy groups -OCH3 is 2. The topological polar surface area (TPSA) is 94.2 Å². The Kier molecular flexibility index (Phi) is 9.92. The quantitative estimate of drug-likeness (QED) is 0.246. The molecule has 1 N–H and O–H groups in total. The summed E-state index contributed by atoms with van der Waals surface area (Å²) in [6, 6.07) is 10.4. The van der Waals surface area contributed by atoms with Crippen LogP contribution in [0.15, 0.2) is 53.9 Å². The second-order valence-electron chi connectivity index (χ2n) is 8.86. The van der Waals surface area contributed by atoms with Gasteiger partial charge < -0.3 is 14.8 Å². The van der Waals surface area contributed by atoms with E-state index in [9.17, 15) is 13.2 Å². The van der Waals surface area contributed by atoms with Crippen LogP contribution in [-0.4, -0.2) is 65.7 Å². The Balaban J connectivity index is 1.64. The van der Waals surface area contributed by atoms with E-state index in [1.54, 1.807) is 24.3 Å². The Hall–Kier alpha value is -2.88. The summed E-state index contributed by atoms with van der Waals surface area (Å²) in [5.41, 5.74) is 2.18. The first-order valence-electron chi connectivity index (χ1n) is 12.1. The molecule has 1 aliphatic rings. The minimum absolute atomic E-state index is 0.0207. The van der Waals surface area contributed by atoms with E-state index in [0.29, 0.717) is 36.4 Å². The molecule has 0 unspecified atom stereocenters. The van der Waals surface area contributed by atoms with Crippen LogP contribution in [0.3, 0.4) is 0 Å². The highest BCUT2D eigenvalue weighted by Crippen LogP contribution is 2.33. The van der Waals surface area contributed by atoms with Crippen molar-refractivity contribution in [2.45, 2.75) is 43.5 Å². The lowest BCUT2D eigenvalue weighted by Gasteiger charge is -2.23. The van der Waals surface area contributed by atoms with E-state index in [1.165, 1.54) is 26.4 Å². The first kappa shape index (κ1) is 27.7. The molecule has 1 saturated heterocycles. The van der Waals surface area contributed by atoms with Crippen molar-refractivity contribution < 1.29 is 26.9 Å². The molecule has 3 rings (SSSR count). The number of benzene rings is 2. The number of nitrogens with one attached hydrogen (secondary N) is 1. The van der Waals surface area contributed by atoms with Crippen LogP contribution < -0.4 is 14.8 Å². The number of amides is 1. The smallest absolute Gasteiger partial charge is 0.296 e. The monoisotopic (exact) mass is 516 g/mol. The molecule has 9 heteroatoms. The molecular formula is C27H36N2O6S. The van der Waals surface area contributed by atoms with Crippen molar-refractivity contribution in [3.63, 3.8) is 0 Å². The van der Waals surface area contributed by atoms with Crippen molar-refractivity contribution in [3.8, 4) is 11.5 Å². The van der Waals surface area contributed by atoms with E-state index in [0.717, 1.165) is 37.1 Å². The number of aryl methyl sites for hydroxylation is 2. The van der Waals surface area contributed by atoms with E-state index >= 15 is 0 Å². The molecule has 0 saturated carbocycles. The highest BCUT2D eigenvalue weighted by Gasteiger charge is 2.25. The third-order valence-corrected chi connectivity index (χ3v) is 7.63. The van der Waals surface area contributed by atoms with E-state index in [2.05, 4.69) is 16.8 Å². The Morgan fingerprint density at radius 1 is 1.19 bits per heavy atom. The number of carbonyl (C=O) groups is 1. The van der Waals surface area contributed by atoms with Gasteiger partial charge in [-0.3, -0.25) is 13.9 Å². The van der Waals surface area contributed by atoms with E-state index in [4.69, 9.17) is 13.7 Å². The molecule has 0 aliphatic carbocycles. The number of carbonyl (C=O) groups excluding carboxylic acids is 1. The van der Waals surface area contributed by atoms with Crippen LogP contribution in [0.5, 0.6) is 11.5 Å². The van der Waals surface area contributed by atoms with Gasteiger partial charge >= 0.3 is 0 Å². The van der Waals surface area contributed by atoms with Gasteiger partial charge in [0.1, 0.15) is 0 Å². The predicted octanol–water partition coefficient (Wildman–Crippen LogP) is 3.73. The van der Waals surface area contributed by atoms with Crippen LogP contribution in [0.4, 0.5) is 0 Å². The second kappa shape index (κ2) is 12.9. The zero-order valence-electron chi connectivity index (χ0n) is 21.3. The average molecular weight is 517 g/mol. The second-order valence-corrected chi connectivity index (χ2v) is 10.5. The molecule has 8 nitrogen and oxygen atoms in total. The summed E-state index contributed by atoms with van der Waals surface area (Å²) in [5, 5.41) is 3.04. The van der Waals surface area contributed by atoms with Crippen LogP contribution in [0, 0.1) is 6.92 Å². The van der Waals surface area contributed by atoms with Gasteiger partial charge in [-0.25, -0.2) is 0 Å². The van der Waals surface area contributed by atoms with Crippen molar-refractivity contribution in [2.24, 2.45) is 0 Å². The molecule has 2 aromatic carbocycles. The van der Waals surface area contributed by atoms with Gasteiger partial charge in [0.15, 0.2) is 11.5 Å². The molecule has 1 heterocycles. The highest BCUT2D eigenvalue weighted by atomic mass is 32.2. The van der Waals surface area contributed by atoms with Crippen molar-refractivity contribution >= 4 is 16.0 Å². The normalized spacial score (nSPS) is 16.0. The summed E-state index contributed by atoms with van der Waals surface area (Å²) in [5.74, 6) is 0.574. The largest absolute Gasteiger partial charge is 0.493 e. The molecule has 36 heavy (non-hydrogen) atoms. The van der Waals surface area contributed by atoms with Gasteiger partial charge in [-0.05, 0) is 69.0 Å². The van der Waals surface area contributed by atoms with Gasteiger partial charge in [-0.15, -0.1) is 6.58 Å². The molecule has 1 amide bonds. The molecular weight excluding hydrogens is 480 g/mol. The van der Waals surface area contributed by atoms with Gasteiger partial charge in [-0.2, -0.15) is 8.42 Å². The van der Waals surface area contributed by atoms with E-state index < -0.39 is 10.1 Å². The average Bonchev–Trinajstić information content (AvgIpc) is 3.32. The van der Waals surface area contributed by atoms with Crippen molar-refractivity contribution in [2.75, 3.05) is 40.5 Å². The molecule has 0 spiro atoms. The molecule has 196 valence electrons. The maximum Gasteiger partial charge on any atom is 0.296 e. The summed E-state index contributed by atoms with van der Waals surface area (Å²) in [7, 11) is -0.799. The fraction of sp³-hybridized carbons (Fsp3) is 0.444. The number of hydrogen-bond donors (Lipinski definition) is 1. The molecule has 0 radical (unpaired) electrons. The minimum atomic E-state index is -3.82. The molecule has 1 fully saturated rings. The van der Waals surface area contributed by atoms with Crippen molar-refractivity contribution in [1.29, 1.82) is 0 Å². The predicted molar refractivity (Wildman–Crippen MR) is 139 cm³/mol. The lowest BCUT2D eigenvalue weighted by atomic mass is 10.0. The molecule has 0 aromatic heterocycles. The van der Waals surface area contributed by atoms with Crippen LogP contribution in [-0.2, 0) is 20.7 Å². The van der Waals surface area contributed by atoms with Gasteiger partial charge in [-0.1, -0.05) is 23.8 Å². The number of ether oxygens (including phenoxy) is 2. The molecule has 1 aliphatic heterocycles. The Morgan fingerprint density at radius 2 is 1.94 bits per heavy atom. The number of hydrogen-bond acceptors (Lipinski definition) is 7. The summed E-state index contributed by atoms with van der Waals surface area (Å²) in [4.78, 5) is 15.6. The first-order chi connectivity index (χ1) is 17.3. The van der Waals surface area contributed by atoms with Crippen molar-refractivity contribution in [3.05, 3.63) is 65.7 Å². The van der Waals surface area contributed by atoms with Crippen LogP contribution in [0.1, 0.15) is 40.7 Å². The Bertz CT molecular complexity index is 1150. The Labute approximate surface area is 214 Å². The van der Waals surface area contributed by atoms with Gasteiger partial charge in [0.2, 0.25) is 0 Å². The lowest BCUT2D eigenvalue weighted by Crippen LogP contribution is -2.40. The van der Waals surface area contributed by atoms with Gasteiger partial charge in [0, 0.05) is 19.1 Å². The summed E-state index contributed by atoms with van der Waals surface area (Å²) >= 11 is 0. The number of nitrogens with zero attached hydrogens (tertiary/aromatic N) is 1. The summed E-state index contributed by atoms with van der Waals surface area (Å²) in [6.07, 6.45) is 4.95. The number of likely N-dealkylation sites (tertiary alicyclic amines) is 1. The fourth-order valence-corrected chi connectivity index (χ4v) is 5.33. The van der Waals surface area contributed by atoms with Crippen LogP contribution >= 0.6 is 0 Å². The molecule has 1 atom stereocenters. The lowest BCUT2D eigenvalue weighted by molar-refractivity contribution is 0.0938. The van der Waals surface area contributed by atoms with Crippen LogP contribution in [0.25, 0.3) is 0 Å². The maximum atomic E-state index is 13.1. The third-order valence-electron chi connectivity index (χ3n) is 6.30. The van der Waals surface area contributed by atoms with E-state index in [-0.39, 0.29) is 23.5 Å². The summed E-state index contributed by atoms with van der Waals surface area (Å²) in [6.45, 7) is 8.06. The third kappa shape index (κ3) is 7.09. The molecule has 0 bridgehead atoms. The standard InChI is InChI=1S/C27H36N2O6S/c1-5-14-29-15-6-9-22(29)19-28-27(30)24-17-21(18-25(33-3)26(24)34-4)8-7-16-35-36(31,32)23-12-10-20(2)11-13-23/h5,10-13,17-18,22H,1,6-9,14-16,19H2,2-4H3,(H,28,30)/t22-/m0/s1. The minimum Gasteiger partial charge on any atom is -0.493 e. The van der Waals surface area contributed by atoms with Gasteiger partial charge in [0.25, 0.3) is 16.0 Å². The SMILES string of the molecule is C=CCN1CCC[C@H]1CNC(=O)c1cc(CCCOS(=O)(=O)c2ccc(C)cc2)cc(OC)c1OC. The Morgan fingerprint density at radius 3 is 2.61 bits per heavy atom. The molecule has 2 aromatic rings. The highest BCUT2D eigenvalue weighted by molar-refractivity contribution is 7.86. The van der Waals surface area contributed by atoms with Crippen molar-refractivity contribution in [1.82, 2.24) is 10.2 Å². The zero-order chi connectivity index (χ0) is 26.1. The zero-order valence-corrected chi connectivity index (χ0v) is 22.1. The van der Waals surface area contributed by atoms with Crippen LogP contribution in [0.2, 0.25) is 0 Å². The first-order valence-corrected chi connectivity index (χ1v) is 13.5. The number of rotatable bonds is 13.